The van der Waals surface area contributed by atoms with Gasteiger partial charge in [-0.25, -0.2) is 9.78 Å². The van der Waals surface area contributed by atoms with E-state index in [1.807, 2.05) is 13.8 Å². The average Bonchev–Trinajstić information content (AvgIpc) is 2.58. The molecule has 0 aliphatic carbocycles. The number of thiazole rings is 1. The van der Waals surface area contributed by atoms with Crippen molar-refractivity contribution >= 4 is 39.9 Å². The number of hydrogen-bond donors (Lipinski definition) is 2. The van der Waals surface area contributed by atoms with Crippen LogP contribution >= 0.6 is 22.9 Å². The maximum atomic E-state index is 11.5. The van der Waals surface area contributed by atoms with Crippen molar-refractivity contribution in [1.82, 2.24) is 10.3 Å². The number of halogens is 1. The smallest absolute Gasteiger partial charge is 0.349 e. The molecular formula is C10H14ClN3O3S. The zero-order chi connectivity index (χ0) is 13.9. The first-order valence-electron chi connectivity index (χ1n) is 5.21. The second kappa shape index (κ2) is 6.01. The number of nitrogens with one attached hydrogen (secondary N) is 1. The molecule has 6 nitrogen and oxygen atoms in total. The van der Waals surface area contributed by atoms with E-state index in [2.05, 4.69) is 10.3 Å². The van der Waals surface area contributed by atoms with Crippen LogP contribution in [0.2, 0.25) is 5.15 Å². The SMILES string of the molecule is CC(C)NC(=O)CN(C)c1nc(Cl)c(C(=O)O)s1. The van der Waals surface area contributed by atoms with Gasteiger partial charge in [-0.05, 0) is 13.8 Å². The van der Waals surface area contributed by atoms with Crippen LogP contribution in [0.25, 0.3) is 0 Å². The van der Waals surface area contributed by atoms with E-state index < -0.39 is 5.97 Å². The topological polar surface area (TPSA) is 82.5 Å². The number of rotatable bonds is 5. The average molecular weight is 292 g/mol. The number of aromatic carboxylic acids is 1. The highest BCUT2D eigenvalue weighted by atomic mass is 35.5. The first-order valence-corrected chi connectivity index (χ1v) is 6.40. The summed E-state index contributed by atoms with van der Waals surface area (Å²) in [6, 6.07) is 0.0559. The Balaban J connectivity index is 2.73. The molecule has 100 valence electrons. The lowest BCUT2D eigenvalue weighted by molar-refractivity contribution is -0.120. The summed E-state index contributed by atoms with van der Waals surface area (Å²) >= 11 is 6.64. The Bertz CT molecular complexity index is 461. The van der Waals surface area contributed by atoms with Gasteiger partial charge in [-0.1, -0.05) is 22.9 Å². The fourth-order valence-electron chi connectivity index (χ4n) is 1.24. The van der Waals surface area contributed by atoms with E-state index in [-0.39, 0.29) is 28.5 Å². The monoisotopic (exact) mass is 291 g/mol. The molecule has 1 amide bonds. The highest BCUT2D eigenvalue weighted by molar-refractivity contribution is 7.18. The van der Waals surface area contributed by atoms with Crippen LogP contribution in [-0.4, -0.2) is 41.6 Å². The van der Waals surface area contributed by atoms with Crippen LogP contribution in [-0.2, 0) is 4.79 Å². The molecule has 0 aromatic carbocycles. The van der Waals surface area contributed by atoms with Crippen molar-refractivity contribution in [2.24, 2.45) is 0 Å². The summed E-state index contributed by atoms with van der Waals surface area (Å²) in [5.74, 6) is -1.28. The van der Waals surface area contributed by atoms with E-state index in [4.69, 9.17) is 16.7 Å². The second-order valence-electron chi connectivity index (χ2n) is 4.00. The van der Waals surface area contributed by atoms with Gasteiger partial charge >= 0.3 is 5.97 Å². The van der Waals surface area contributed by atoms with Crippen LogP contribution in [0.15, 0.2) is 0 Å². The lowest BCUT2D eigenvalue weighted by Crippen LogP contribution is -2.38. The Morgan fingerprint density at radius 2 is 2.17 bits per heavy atom. The second-order valence-corrected chi connectivity index (χ2v) is 5.34. The lowest BCUT2D eigenvalue weighted by atomic mass is 10.4. The summed E-state index contributed by atoms with van der Waals surface area (Å²) in [4.78, 5) is 27.8. The zero-order valence-electron chi connectivity index (χ0n) is 10.2. The summed E-state index contributed by atoms with van der Waals surface area (Å²) in [7, 11) is 1.65. The van der Waals surface area contributed by atoms with Crippen LogP contribution in [0.5, 0.6) is 0 Å². The molecular weight excluding hydrogens is 278 g/mol. The minimum absolute atomic E-state index is 0.0252. The molecule has 0 radical (unpaired) electrons. The third-order valence-electron chi connectivity index (χ3n) is 1.93. The zero-order valence-corrected chi connectivity index (χ0v) is 11.8. The standard InChI is InChI=1S/C10H14ClN3O3S/c1-5(2)12-6(15)4-14(3)10-13-8(11)7(18-10)9(16)17/h5H,4H2,1-3H3,(H,12,15)(H,16,17). The van der Waals surface area contributed by atoms with E-state index in [1.54, 1.807) is 11.9 Å². The van der Waals surface area contributed by atoms with E-state index in [9.17, 15) is 9.59 Å². The minimum Gasteiger partial charge on any atom is -0.477 e. The van der Waals surface area contributed by atoms with Crippen molar-refractivity contribution in [2.45, 2.75) is 19.9 Å². The summed E-state index contributed by atoms with van der Waals surface area (Å²) < 4.78 is 0. The molecule has 0 unspecified atom stereocenters. The quantitative estimate of drug-likeness (QED) is 0.858. The summed E-state index contributed by atoms with van der Waals surface area (Å²) in [5.41, 5.74) is 0. The van der Waals surface area contributed by atoms with Crippen LogP contribution in [0.1, 0.15) is 23.5 Å². The third kappa shape index (κ3) is 3.85. The number of nitrogens with zero attached hydrogens (tertiary/aromatic N) is 2. The van der Waals surface area contributed by atoms with Gasteiger partial charge in [-0.15, -0.1) is 0 Å². The number of carboxylic acid groups (broad SMARTS) is 1. The molecule has 0 fully saturated rings. The van der Waals surface area contributed by atoms with Crippen molar-refractivity contribution < 1.29 is 14.7 Å². The number of carbonyl (C=O) groups is 2. The molecule has 0 saturated heterocycles. The minimum atomic E-state index is -1.12. The van der Waals surface area contributed by atoms with E-state index in [0.717, 1.165) is 11.3 Å². The summed E-state index contributed by atoms with van der Waals surface area (Å²) in [6.07, 6.45) is 0. The van der Waals surface area contributed by atoms with Gasteiger partial charge in [-0.2, -0.15) is 0 Å². The molecule has 8 heteroatoms. The molecule has 1 aromatic heterocycles. The Labute approximate surface area is 114 Å². The van der Waals surface area contributed by atoms with E-state index in [0.29, 0.717) is 5.13 Å². The third-order valence-corrected chi connectivity index (χ3v) is 3.47. The van der Waals surface area contributed by atoms with Gasteiger partial charge in [0, 0.05) is 13.1 Å². The van der Waals surface area contributed by atoms with Gasteiger partial charge < -0.3 is 15.3 Å². The molecule has 0 saturated carbocycles. The highest BCUT2D eigenvalue weighted by Gasteiger charge is 2.19. The first kappa shape index (κ1) is 14.7. The lowest BCUT2D eigenvalue weighted by Gasteiger charge is -2.16. The number of likely N-dealkylation sites (N-methyl/N-ethyl adjacent to an activating group) is 1. The number of aromatic nitrogens is 1. The van der Waals surface area contributed by atoms with Crippen molar-refractivity contribution in [2.75, 3.05) is 18.5 Å². The fourth-order valence-corrected chi connectivity index (χ4v) is 2.32. The van der Waals surface area contributed by atoms with Gasteiger partial charge in [0.2, 0.25) is 5.91 Å². The van der Waals surface area contributed by atoms with Gasteiger partial charge in [0.1, 0.15) is 0 Å². The molecule has 1 rings (SSSR count). The Morgan fingerprint density at radius 3 is 2.61 bits per heavy atom. The maximum absolute atomic E-state index is 11.5. The normalized spacial score (nSPS) is 10.5. The van der Waals surface area contributed by atoms with Crippen LogP contribution in [0.4, 0.5) is 5.13 Å². The van der Waals surface area contributed by atoms with E-state index in [1.165, 1.54) is 0 Å². The number of anilines is 1. The number of hydrogen-bond acceptors (Lipinski definition) is 5. The molecule has 0 atom stereocenters. The van der Waals surface area contributed by atoms with Gasteiger partial charge in [0.15, 0.2) is 15.2 Å². The Hall–Kier alpha value is -1.34. The highest BCUT2D eigenvalue weighted by Crippen LogP contribution is 2.28. The van der Waals surface area contributed by atoms with Crippen molar-refractivity contribution in [3.63, 3.8) is 0 Å². The largest absolute Gasteiger partial charge is 0.477 e. The van der Waals surface area contributed by atoms with Crippen molar-refractivity contribution in [1.29, 1.82) is 0 Å². The molecule has 1 aromatic rings. The number of amides is 1. The number of carbonyl (C=O) groups excluding carboxylic acids is 1. The van der Waals surface area contributed by atoms with Crippen molar-refractivity contribution in [3.05, 3.63) is 10.0 Å². The number of carboxylic acids is 1. The fraction of sp³-hybridized carbons (Fsp3) is 0.500. The van der Waals surface area contributed by atoms with Gasteiger partial charge in [0.25, 0.3) is 0 Å². The summed E-state index contributed by atoms with van der Waals surface area (Å²) in [5, 5.41) is 11.9. The van der Waals surface area contributed by atoms with Crippen molar-refractivity contribution in [3.8, 4) is 0 Å². The molecule has 0 aliphatic heterocycles. The Kier molecular flexibility index (Phi) is 4.92. The molecule has 0 aliphatic rings. The maximum Gasteiger partial charge on any atom is 0.349 e. The predicted molar refractivity (Wildman–Crippen MR) is 70.6 cm³/mol. The molecule has 0 spiro atoms. The molecule has 1 heterocycles. The van der Waals surface area contributed by atoms with Gasteiger partial charge in [-0.3, -0.25) is 4.79 Å². The van der Waals surface area contributed by atoms with Crippen LogP contribution in [0, 0.1) is 0 Å². The molecule has 2 N–H and O–H groups in total. The first-order chi connectivity index (χ1) is 8.31. The van der Waals surface area contributed by atoms with E-state index >= 15 is 0 Å². The molecule has 18 heavy (non-hydrogen) atoms. The molecule has 0 bridgehead atoms. The van der Waals surface area contributed by atoms with Crippen LogP contribution in [0.3, 0.4) is 0 Å². The predicted octanol–water partition coefficient (Wildman–Crippen LogP) is 1.46. The van der Waals surface area contributed by atoms with Crippen LogP contribution < -0.4 is 10.2 Å². The Morgan fingerprint density at radius 1 is 1.56 bits per heavy atom. The summed E-state index contributed by atoms with van der Waals surface area (Å²) in [6.45, 7) is 3.82. The van der Waals surface area contributed by atoms with Gasteiger partial charge in [0.05, 0.1) is 6.54 Å².